The van der Waals surface area contributed by atoms with Gasteiger partial charge in [0.25, 0.3) is 0 Å². The van der Waals surface area contributed by atoms with E-state index in [1.807, 2.05) is 6.07 Å². The first-order valence-corrected chi connectivity index (χ1v) is 6.68. The Balaban J connectivity index is 2.91. The second-order valence-electron chi connectivity index (χ2n) is 3.71. The molecule has 0 bridgehead atoms. The molecule has 0 spiro atoms. The Morgan fingerprint density at radius 2 is 2.33 bits per heavy atom. The highest BCUT2D eigenvalue weighted by atomic mass is 32.2. The van der Waals surface area contributed by atoms with E-state index in [0.717, 1.165) is 12.8 Å². The van der Waals surface area contributed by atoms with Crippen molar-refractivity contribution in [2.24, 2.45) is 5.73 Å². The molecule has 2 N–H and O–H groups in total. The molecule has 0 aromatic rings. The van der Waals surface area contributed by atoms with Crippen molar-refractivity contribution in [2.45, 2.75) is 37.5 Å². The molecule has 0 radical (unpaired) electrons. The molecular formula is C9H17N3O2S. The average Bonchev–Trinajstić information content (AvgIpc) is 2.67. The molecule has 15 heavy (non-hydrogen) atoms. The molecule has 1 saturated heterocycles. The molecule has 6 heteroatoms. The molecule has 1 rings (SSSR count). The lowest BCUT2D eigenvalue weighted by Gasteiger charge is -2.24. The van der Waals surface area contributed by atoms with E-state index in [0.29, 0.717) is 19.5 Å². The number of sulfonamides is 1. The largest absolute Gasteiger partial charge is 0.329 e. The van der Waals surface area contributed by atoms with Crippen molar-refractivity contribution in [3.8, 4) is 6.07 Å². The molecule has 86 valence electrons. The smallest absolute Gasteiger partial charge is 0.230 e. The summed E-state index contributed by atoms with van der Waals surface area (Å²) in [6, 6.07) is 1.73. The summed E-state index contributed by atoms with van der Waals surface area (Å²) in [6.45, 7) is 2.54. The van der Waals surface area contributed by atoms with E-state index in [2.05, 4.69) is 0 Å². The van der Waals surface area contributed by atoms with Gasteiger partial charge in [0.2, 0.25) is 10.0 Å². The maximum Gasteiger partial charge on any atom is 0.230 e. The van der Waals surface area contributed by atoms with E-state index in [9.17, 15) is 8.42 Å². The van der Waals surface area contributed by atoms with Crippen molar-refractivity contribution in [1.29, 1.82) is 5.26 Å². The Hall–Kier alpha value is -0.640. The summed E-state index contributed by atoms with van der Waals surface area (Å²) >= 11 is 0. The quantitative estimate of drug-likeness (QED) is 0.740. The van der Waals surface area contributed by atoms with Gasteiger partial charge in [-0.3, -0.25) is 0 Å². The SMILES string of the molecule is CCC(C#N)S(=O)(=O)N1CCCC1CN. The van der Waals surface area contributed by atoms with Gasteiger partial charge in [-0.25, -0.2) is 8.42 Å². The van der Waals surface area contributed by atoms with Gasteiger partial charge in [0, 0.05) is 19.1 Å². The fourth-order valence-corrected chi connectivity index (χ4v) is 3.78. The summed E-state index contributed by atoms with van der Waals surface area (Å²) in [5.41, 5.74) is 5.51. The van der Waals surface area contributed by atoms with Crippen molar-refractivity contribution in [3.63, 3.8) is 0 Å². The van der Waals surface area contributed by atoms with Gasteiger partial charge < -0.3 is 5.73 Å². The normalized spacial score (nSPS) is 25.0. The summed E-state index contributed by atoms with van der Waals surface area (Å²) in [5, 5.41) is 7.87. The number of nitriles is 1. The second-order valence-corrected chi connectivity index (χ2v) is 5.78. The van der Waals surface area contributed by atoms with Crippen LogP contribution in [0.25, 0.3) is 0 Å². The van der Waals surface area contributed by atoms with Crippen LogP contribution in [0.15, 0.2) is 0 Å². The minimum Gasteiger partial charge on any atom is -0.329 e. The first kappa shape index (κ1) is 12.4. The van der Waals surface area contributed by atoms with E-state index in [4.69, 9.17) is 11.0 Å². The number of nitrogens with two attached hydrogens (primary N) is 1. The van der Waals surface area contributed by atoms with Gasteiger partial charge in [-0.1, -0.05) is 6.92 Å². The lowest BCUT2D eigenvalue weighted by atomic mass is 10.2. The molecule has 0 aliphatic carbocycles. The molecule has 1 fully saturated rings. The van der Waals surface area contributed by atoms with Gasteiger partial charge in [-0.2, -0.15) is 9.57 Å². The molecule has 0 aromatic carbocycles. The monoisotopic (exact) mass is 231 g/mol. The maximum atomic E-state index is 12.0. The summed E-state index contributed by atoms with van der Waals surface area (Å²) in [7, 11) is -3.47. The molecular weight excluding hydrogens is 214 g/mol. The fraction of sp³-hybridized carbons (Fsp3) is 0.889. The summed E-state index contributed by atoms with van der Waals surface area (Å²) in [5.74, 6) is 0. The third-order valence-electron chi connectivity index (χ3n) is 2.80. The van der Waals surface area contributed by atoms with Gasteiger partial charge in [0.15, 0.2) is 5.25 Å². The second kappa shape index (κ2) is 4.92. The number of hydrogen-bond acceptors (Lipinski definition) is 4. The highest BCUT2D eigenvalue weighted by molar-refractivity contribution is 7.90. The molecule has 2 unspecified atom stereocenters. The first-order chi connectivity index (χ1) is 7.07. The van der Waals surface area contributed by atoms with Crippen LogP contribution in [-0.2, 0) is 10.0 Å². The Morgan fingerprint density at radius 1 is 1.67 bits per heavy atom. The zero-order valence-corrected chi connectivity index (χ0v) is 9.70. The zero-order chi connectivity index (χ0) is 11.5. The Kier molecular flexibility index (Phi) is 4.08. The Labute approximate surface area is 90.9 Å². The van der Waals surface area contributed by atoms with Crippen LogP contribution in [-0.4, -0.2) is 37.1 Å². The van der Waals surface area contributed by atoms with E-state index in [1.165, 1.54) is 4.31 Å². The summed E-state index contributed by atoms with van der Waals surface area (Å²) in [4.78, 5) is 0. The van der Waals surface area contributed by atoms with Crippen LogP contribution in [0.4, 0.5) is 0 Å². The minimum absolute atomic E-state index is 0.114. The first-order valence-electron chi connectivity index (χ1n) is 5.18. The van der Waals surface area contributed by atoms with Gasteiger partial charge >= 0.3 is 0 Å². The lowest BCUT2D eigenvalue weighted by molar-refractivity contribution is 0.389. The Morgan fingerprint density at radius 3 is 2.80 bits per heavy atom. The summed E-state index contributed by atoms with van der Waals surface area (Å²) in [6.07, 6.45) is 1.97. The number of nitrogens with zero attached hydrogens (tertiary/aromatic N) is 2. The summed E-state index contributed by atoms with van der Waals surface area (Å²) < 4.78 is 25.4. The van der Waals surface area contributed by atoms with Crippen molar-refractivity contribution in [1.82, 2.24) is 4.31 Å². The van der Waals surface area contributed by atoms with Crippen LogP contribution in [0, 0.1) is 11.3 Å². The van der Waals surface area contributed by atoms with Crippen molar-refractivity contribution in [2.75, 3.05) is 13.1 Å². The zero-order valence-electron chi connectivity index (χ0n) is 8.89. The maximum absolute atomic E-state index is 12.0. The van der Waals surface area contributed by atoms with Crippen LogP contribution in [0.3, 0.4) is 0 Å². The fourth-order valence-electron chi connectivity index (χ4n) is 1.91. The van der Waals surface area contributed by atoms with Crippen LogP contribution in [0.5, 0.6) is 0 Å². The van der Waals surface area contributed by atoms with Gasteiger partial charge in [0.1, 0.15) is 0 Å². The molecule has 0 amide bonds. The number of hydrogen-bond donors (Lipinski definition) is 1. The standard InChI is InChI=1S/C9H17N3O2S/c1-2-9(7-11)15(13,14)12-5-3-4-8(12)6-10/h8-9H,2-6,10H2,1H3. The van der Waals surface area contributed by atoms with Gasteiger partial charge in [-0.15, -0.1) is 0 Å². The Bertz CT molecular complexity index is 347. The molecule has 0 aromatic heterocycles. The van der Waals surface area contributed by atoms with Crippen LogP contribution < -0.4 is 5.73 Å². The highest BCUT2D eigenvalue weighted by Crippen LogP contribution is 2.23. The molecule has 1 aliphatic rings. The third-order valence-corrected chi connectivity index (χ3v) is 5.09. The van der Waals surface area contributed by atoms with E-state index in [1.54, 1.807) is 6.92 Å². The minimum atomic E-state index is -3.47. The topological polar surface area (TPSA) is 87.2 Å². The van der Waals surface area contributed by atoms with Crippen molar-refractivity contribution in [3.05, 3.63) is 0 Å². The van der Waals surface area contributed by atoms with Gasteiger partial charge in [0.05, 0.1) is 6.07 Å². The van der Waals surface area contributed by atoms with Gasteiger partial charge in [-0.05, 0) is 19.3 Å². The predicted octanol–water partition coefficient (Wildman–Crippen LogP) is 0.0415. The number of rotatable bonds is 4. The average molecular weight is 231 g/mol. The third kappa shape index (κ3) is 2.30. The molecule has 1 heterocycles. The van der Waals surface area contributed by atoms with Crippen LogP contribution in [0.2, 0.25) is 0 Å². The molecule has 2 atom stereocenters. The van der Waals surface area contributed by atoms with E-state index in [-0.39, 0.29) is 6.04 Å². The lowest BCUT2D eigenvalue weighted by Crippen LogP contribution is -2.44. The van der Waals surface area contributed by atoms with Crippen LogP contribution >= 0.6 is 0 Å². The van der Waals surface area contributed by atoms with Crippen molar-refractivity contribution >= 4 is 10.0 Å². The molecule has 5 nitrogen and oxygen atoms in total. The highest BCUT2D eigenvalue weighted by Gasteiger charge is 2.37. The van der Waals surface area contributed by atoms with Crippen LogP contribution in [0.1, 0.15) is 26.2 Å². The predicted molar refractivity (Wildman–Crippen MR) is 57.4 cm³/mol. The molecule has 1 aliphatic heterocycles. The molecule has 0 saturated carbocycles. The van der Waals surface area contributed by atoms with E-state index < -0.39 is 15.3 Å². The van der Waals surface area contributed by atoms with Crippen molar-refractivity contribution < 1.29 is 8.42 Å². The van der Waals surface area contributed by atoms with E-state index >= 15 is 0 Å².